The minimum Gasteiger partial charge on any atom is -0.491 e. The van der Waals surface area contributed by atoms with Gasteiger partial charge in [0.05, 0.1) is 17.1 Å². The Morgan fingerprint density at radius 1 is 1.20 bits per heavy atom. The van der Waals surface area contributed by atoms with Crippen LogP contribution in [-0.2, 0) is 24.6 Å². The Morgan fingerprint density at radius 2 is 1.94 bits per heavy atom. The number of nitrogens with zero attached hydrogens (tertiary/aromatic N) is 2. The first-order chi connectivity index (χ1) is 16.6. The molecular weight excluding hydrogens is 494 g/mol. The smallest absolute Gasteiger partial charge is 0.244 e. The van der Waals surface area contributed by atoms with Crippen molar-refractivity contribution in [2.45, 2.75) is 46.8 Å². The summed E-state index contributed by atoms with van der Waals surface area (Å²) in [7, 11) is -6.90. The molecule has 0 saturated carbocycles. The molecule has 2 aromatic rings. The third-order valence-corrected chi connectivity index (χ3v) is 9.43. The largest absolute Gasteiger partial charge is 0.491 e. The van der Waals surface area contributed by atoms with E-state index < -0.39 is 26.0 Å². The van der Waals surface area contributed by atoms with E-state index in [0.717, 1.165) is 12.7 Å². The summed E-state index contributed by atoms with van der Waals surface area (Å²) >= 11 is 0. The minimum atomic E-state index is -3.56. The molecule has 0 amide bonds. The molecule has 4 rings (SSSR count). The summed E-state index contributed by atoms with van der Waals surface area (Å²) in [6, 6.07) is 9.37. The van der Waals surface area contributed by atoms with Crippen molar-refractivity contribution in [1.29, 1.82) is 0 Å². The lowest BCUT2D eigenvalue weighted by Crippen LogP contribution is -2.47. The van der Waals surface area contributed by atoms with Crippen molar-refractivity contribution in [3.05, 3.63) is 48.8 Å². The van der Waals surface area contributed by atoms with Gasteiger partial charge in [-0.05, 0) is 49.6 Å². The molecule has 0 radical (unpaired) electrons. The van der Waals surface area contributed by atoms with Gasteiger partial charge in [0.25, 0.3) is 0 Å². The van der Waals surface area contributed by atoms with Crippen molar-refractivity contribution in [2.75, 3.05) is 39.1 Å². The lowest BCUT2D eigenvalue weighted by molar-refractivity contribution is -0.0312. The molecule has 2 atom stereocenters. The van der Waals surface area contributed by atoms with Crippen molar-refractivity contribution >= 4 is 19.9 Å². The summed E-state index contributed by atoms with van der Waals surface area (Å²) in [5, 5.41) is 13.6. The lowest BCUT2D eigenvalue weighted by atomic mass is 9.88. The topological polar surface area (TPSA) is 135 Å². The summed E-state index contributed by atoms with van der Waals surface area (Å²) in [5.41, 5.74) is -0.369. The van der Waals surface area contributed by atoms with Crippen LogP contribution in [0, 0.1) is 0 Å². The fourth-order valence-corrected chi connectivity index (χ4v) is 6.52. The van der Waals surface area contributed by atoms with Crippen molar-refractivity contribution in [3.63, 3.8) is 0 Å². The normalized spacial score (nSPS) is 21.7. The first kappa shape index (κ1) is 26.0. The van der Waals surface area contributed by atoms with E-state index in [0.29, 0.717) is 38.3 Å². The number of ether oxygens (including phenoxy) is 2. The lowest BCUT2D eigenvalue weighted by Gasteiger charge is -2.38. The highest BCUT2D eigenvalue weighted by molar-refractivity contribution is 7.90. The van der Waals surface area contributed by atoms with Crippen molar-refractivity contribution < 1.29 is 31.4 Å². The molecule has 10 nitrogen and oxygen atoms in total. The average molecular weight is 526 g/mol. The Labute approximate surface area is 206 Å². The maximum Gasteiger partial charge on any atom is 0.244 e. The van der Waals surface area contributed by atoms with Crippen LogP contribution >= 0.6 is 0 Å². The number of sulfonamides is 1. The van der Waals surface area contributed by atoms with Crippen LogP contribution in [0.4, 0.5) is 0 Å². The number of aliphatic hydroxyl groups excluding tert-OH is 1. The second-order valence-corrected chi connectivity index (χ2v) is 13.1. The van der Waals surface area contributed by atoms with Crippen molar-refractivity contribution in [1.82, 2.24) is 14.6 Å². The second kappa shape index (κ2) is 10.5. The van der Waals surface area contributed by atoms with Gasteiger partial charge in [-0.1, -0.05) is 6.07 Å². The molecule has 2 fully saturated rings. The number of aliphatic hydroxyl groups is 1. The molecule has 1 spiro atoms. The maximum absolute atomic E-state index is 12.8. The monoisotopic (exact) mass is 525 g/mol. The van der Waals surface area contributed by atoms with E-state index in [1.807, 2.05) is 0 Å². The fraction of sp³-hybridized carbons (Fsp3) is 0.522. The van der Waals surface area contributed by atoms with Crippen LogP contribution in [0.2, 0.25) is 0 Å². The van der Waals surface area contributed by atoms with E-state index in [-0.39, 0.29) is 34.6 Å². The molecule has 192 valence electrons. The minimum absolute atomic E-state index is 0.0140. The highest BCUT2D eigenvalue weighted by Crippen LogP contribution is 2.37. The highest BCUT2D eigenvalue weighted by Gasteiger charge is 2.44. The zero-order valence-electron chi connectivity index (χ0n) is 19.5. The van der Waals surface area contributed by atoms with Crippen LogP contribution in [0.5, 0.6) is 5.75 Å². The first-order valence-corrected chi connectivity index (χ1v) is 14.8. The number of piperidine rings is 1. The van der Waals surface area contributed by atoms with Gasteiger partial charge in [0.15, 0.2) is 9.84 Å². The predicted molar refractivity (Wildman–Crippen MR) is 128 cm³/mol. The zero-order chi connectivity index (χ0) is 25.1. The molecule has 35 heavy (non-hydrogen) atoms. The van der Waals surface area contributed by atoms with Gasteiger partial charge >= 0.3 is 0 Å². The van der Waals surface area contributed by atoms with Gasteiger partial charge in [-0.15, -0.1) is 0 Å². The second-order valence-electron chi connectivity index (χ2n) is 9.11. The maximum atomic E-state index is 12.8. The Balaban J connectivity index is 1.22. The number of hydrogen-bond donors (Lipinski definition) is 2. The van der Waals surface area contributed by atoms with Crippen LogP contribution in [0.3, 0.4) is 0 Å². The van der Waals surface area contributed by atoms with E-state index >= 15 is 0 Å². The Hall–Kier alpha value is -2.09. The van der Waals surface area contributed by atoms with Crippen LogP contribution in [0.25, 0.3) is 0 Å². The summed E-state index contributed by atoms with van der Waals surface area (Å²) < 4.78 is 62.1. The summed E-state index contributed by atoms with van der Waals surface area (Å²) in [4.78, 5) is 4.27. The molecule has 3 heterocycles. The molecule has 2 aliphatic rings. The van der Waals surface area contributed by atoms with Gasteiger partial charge in [0.1, 0.15) is 23.4 Å². The van der Waals surface area contributed by atoms with E-state index in [2.05, 4.69) is 10.3 Å². The third-order valence-electron chi connectivity index (χ3n) is 6.43. The van der Waals surface area contributed by atoms with Gasteiger partial charge in [-0.2, -0.15) is 4.31 Å². The van der Waals surface area contributed by atoms with Crippen LogP contribution in [-0.4, -0.2) is 88.1 Å². The molecule has 1 aromatic heterocycles. The molecule has 2 aliphatic heterocycles. The first-order valence-electron chi connectivity index (χ1n) is 11.5. The Bertz CT molecular complexity index is 1210. The molecule has 12 heteroatoms. The zero-order valence-corrected chi connectivity index (χ0v) is 21.2. The summed E-state index contributed by atoms with van der Waals surface area (Å²) in [6.07, 6.45) is 5.19. The number of rotatable bonds is 9. The standard InChI is InChI=1S/C23H31N3O7S2/c1-34(28,29)21-5-2-4-20(12-21)32-17-19(27)14-25-18-13-23(33-16-18)7-10-26(11-8-23)35(30,31)22-6-3-9-24-15-22/h2-6,9,12,15,18-19,25,27H,7-8,10-11,13-14,16-17H2,1H3. The molecule has 2 N–H and O–H groups in total. The van der Waals surface area contributed by atoms with Gasteiger partial charge in [0.2, 0.25) is 10.0 Å². The number of aromatic nitrogens is 1. The summed E-state index contributed by atoms with van der Waals surface area (Å²) in [5.74, 6) is 0.378. The highest BCUT2D eigenvalue weighted by atomic mass is 32.2. The Morgan fingerprint density at radius 3 is 2.63 bits per heavy atom. The van der Waals surface area contributed by atoms with E-state index in [1.165, 1.54) is 22.6 Å². The van der Waals surface area contributed by atoms with Gasteiger partial charge in [0, 0.05) is 44.3 Å². The van der Waals surface area contributed by atoms with Gasteiger partial charge in [-0.25, -0.2) is 16.8 Å². The quantitative estimate of drug-likeness (QED) is 0.488. The fourth-order valence-electron chi connectivity index (χ4n) is 4.46. The molecule has 2 unspecified atom stereocenters. The number of hydrogen-bond acceptors (Lipinski definition) is 9. The molecule has 1 aromatic carbocycles. The third kappa shape index (κ3) is 6.38. The number of sulfone groups is 1. The van der Waals surface area contributed by atoms with Crippen LogP contribution in [0.1, 0.15) is 19.3 Å². The number of benzene rings is 1. The van der Waals surface area contributed by atoms with E-state index in [4.69, 9.17) is 9.47 Å². The van der Waals surface area contributed by atoms with Crippen molar-refractivity contribution in [3.8, 4) is 5.75 Å². The molecule has 0 bridgehead atoms. The molecular formula is C23H31N3O7S2. The predicted octanol–water partition coefficient (Wildman–Crippen LogP) is 0.827. The summed E-state index contributed by atoms with van der Waals surface area (Å²) in [6.45, 7) is 1.55. The van der Waals surface area contributed by atoms with Gasteiger partial charge in [-0.3, -0.25) is 4.98 Å². The number of pyridine rings is 1. The SMILES string of the molecule is CS(=O)(=O)c1cccc(OCC(O)CNC2COC3(CCN(S(=O)(=O)c4cccnc4)CC3)C2)c1. The molecule has 2 saturated heterocycles. The van der Waals surface area contributed by atoms with E-state index in [9.17, 15) is 21.9 Å². The average Bonchev–Trinajstić information content (AvgIpc) is 3.24. The van der Waals surface area contributed by atoms with Crippen LogP contribution in [0.15, 0.2) is 58.6 Å². The Kier molecular flexibility index (Phi) is 7.79. The van der Waals surface area contributed by atoms with Crippen molar-refractivity contribution in [2.24, 2.45) is 0 Å². The number of nitrogens with one attached hydrogen (secondary N) is 1. The van der Waals surface area contributed by atoms with Crippen LogP contribution < -0.4 is 10.1 Å². The van der Waals surface area contributed by atoms with Gasteiger partial charge < -0.3 is 19.9 Å². The van der Waals surface area contributed by atoms with E-state index in [1.54, 1.807) is 30.5 Å². The molecule has 0 aliphatic carbocycles.